The Hall–Kier alpha value is -1.68. The predicted octanol–water partition coefficient (Wildman–Crippen LogP) is 4.05. The average molecular weight is 323 g/mol. The molecule has 19 heavy (non-hydrogen) atoms. The van der Waals surface area contributed by atoms with Gasteiger partial charge in [0, 0.05) is 0 Å². The summed E-state index contributed by atoms with van der Waals surface area (Å²) < 4.78 is 16.9. The zero-order valence-electron chi connectivity index (χ0n) is 10.9. The molecular weight excluding hydrogens is 308 g/mol. The predicted molar refractivity (Wildman–Crippen MR) is 78.0 cm³/mol. The monoisotopic (exact) mass is 322 g/mol. The van der Waals surface area contributed by atoms with Gasteiger partial charge in [-0.15, -0.1) is 0 Å². The Balaban J connectivity index is 1.99. The van der Waals surface area contributed by atoms with Gasteiger partial charge in [0.1, 0.15) is 23.9 Å². The van der Waals surface area contributed by atoms with Gasteiger partial charge in [0.05, 0.1) is 18.7 Å². The van der Waals surface area contributed by atoms with Crippen LogP contribution in [-0.4, -0.2) is 14.2 Å². The fraction of sp³-hybridized carbons (Fsp3) is 0.200. The van der Waals surface area contributed by atoms with Crippen molar-refractivity contribution in [1.29, 1.82) is 0 Å². The molecule has 0 amide bonds. The molecule has 4 heteroatoms. The lowest BCUT2D eigenvalue weighted by molar-refractivity contribution is 0.305. The summed E-state index contributed by atoms with van der Waals surface area (Å²) in [7, 11) is 3.29. The molecule has 100 valence electrons. The lowest BCUT2D eigenvalue weighted by atomic mass is 10.2. The Kier molecular flexibility index (Phi) is 4.68. The van der Waals surface area contributed by atoms with Gasteiger partial charge >= 0.3 is 0 Å². The second-order valence-electron chi connectivity index (χ2n) is 3.93. The molecule has 0 N–H and O–H groups in total. The number of ether oxygens (including phenoxy) is 3. The molecule has 0 atom stereocenters. The lowest BCUT2D eigenvalue weighted by Crippen LogP contribution is -1.96. The summed E-state index contributed by atoms with van der Waals surface area (Å²) in [6.07, 6.45) is 0. The van der Waals surface area contributed by atoms with Crippen molar-refractivity contribution in [1.82, 2.24) is 0 Å². The van der Waals surface area contributed by atoms with E-state index in [-0.39, 0.29) is 0 Å². The van der Waals surface area contributed by atoms with Crippen molar-refractivity contribution in [2.75, 3.05) is 14.2 Å². The molecule has 0 aliphatic rings. The van der Waals surface area contributed by atoms with E-state index < -0.39 is 0 Å². The highest BCUT2D eigenvalue weighted by Gasteiger charge is 2.02. The van der Waals surface area contributed by atoms with Gasteiger partial charge in [0.15, 0.2) is 0 Å². The van der Waals surface area contributed by atoms with Crippen molar-refractivity contribution >= 4 is 15.9 Å². The third kappa shape index (κ3) is 3.64. The maximum absolute atomic E-state index is 5.72. The summed E-state index contributed by atoms with van der Waals surface area (Å²) in [6, 6.07) is 13.4. The van der Waals surface area contributed by atoms with Crippen LogP contribution in [0.4, 0.5) is 0 Å². The third-order valence-corrected chi connectivity index (χ3v) is 3.31. The summed E-state index contributed by atoms with van der Waals surface area (Å²) in [5.74, 6) is 2.43. The van der Waals surface area contributed by atoms with Gasteiger partial charge < -0.3 is 14.2 Å². The first-order chi connectivity index (χ1) is 9.22. The van der Waals surface area contributed by atoms with Crippen LogP contribution in [0.15, 0.2) is 46.9 Å². The van der Waals surface area contributed by atoms with Gasteiger partial charge in [0.25, 0.3) is 0 Å². The van der Waals surface area contributed by atoms with E-state index in [1.165, 1.54) is 0 Å². The Morgan fingerprint density at radius 2 is 1.58 bits per heavy atom. The van der Waals surface area contributed by atoms with Crippen molar-refractivity contribution < 1.29 is 14.2 Å². The summed E-state index contributed by atoms with van der Waals surface area (Å²) in [5.41, 5.74) is 1.09. The van der Waals surface area contributed by atoms with Crippen LogP contribution in [0.5, 0.6) is 17.2 Å². The van der Waals surface area contributed by atoms with Crippen LogP contribution in [0.3, 0.4) is 0 Å². The fourth-order valence-electron chi connectivity index (χ4n) is 1.63. The number of hydrogen-bond acceptors (Lipinski definition) is 3. The van der Waals surface area contributed by atoms with Gasteiger partial charge in [-0.05, 0) is 51.8 Å². The van der Waals surface area contributed by atoms with Crippen LogP contribution in [0.2, 0.25) is 0 Å². The molecule has 2 rings (SSSR count). The number of methoxy groups -OCH3 is 2. The minimum atomic E-state index is 0.517. The van der Waals surface area contributed by atoms with Crippen molar-refractivity contribution in [3.63, 3.8) is 0 Å². The lowest BCUT2D eigenvalue weighted by Gasteiger charge is -2.09. The highest BCUT2D eigenvalue weighted by molar-refractivity contribution is 9.10. The Morgan fingerprint density at radius 3 is 2.16 bits per heavy atom. The number of hydrogen-bond donors (Lipinski definition) is 0. The third-order valence-electron chi connectivity index (χ3n) is 2.69. The van der Waals surface area contributed by atoms with Crippen molar-refractivity contribution in [3.8, 4) is 17.2 Å². The molecule has 0 radical (unpaired) electrons. The SMILES string of the molecule is COc1ccc(COc2ccc(OC)c(Br)c2)cc1. The molecule has 0 bridgehead atoms. The molecule has 0 aromatic heterocycles. The Morgan fingerprint density at radius 1 is 0.895 bits per heavy atom. The van der Waals surface area contributed by atoms with E-state index in [1.807, 2.05) is 42.5 Å². The Labute approximate surface area is 121 Å². The molecule has 0 saturated carbocycles. The molecule has 3 nitrogen and oxygen atoms in total. The van der Waals surface area contributed by atoms with Gasteiger partial charge in [-0.3, -0.25) is 0 Å². The van der Waals surface area contributed by atoms with Crippen LogP contribution in [0.25, 0.3) is 0 Å². The molecule has 2 aromatic carbocycles. The number of rotatable bonds is 5. The first kappa shape index (κ1) is 13.7. The second-order valence-corrected chi connectivity index (χ2v) is 4.79. The van der Waals surface area contributed by atoms with Crippen LogP contribution < -0.4 is 14.2 Å². The van der Waals surface area contributed by atoms with Crippen molar-refractivity contribution in [2.24, 2.45) is 0 Å². The van der Waals surface area contributed by atoms with E-state index in [9.17, 15) is 0 Å². The van der Waals surface area contributed by atoms with Crippen molar-refractivity contribution in [3.05, 3.63) is 52.5 Å². The van der Waals surface area contributed by atoms with Crippen molar-refractivity contribution in [2.45, 2.75) is 6.61 Å². The maximum Gasteiger partial charge on any atom is 0.133 e. The molecule has 0 aliphatic heterocycles. The fourth-order valence-corrected chi connectivity index (χ4v) is 2.14. The zero-order chi connectivity index (χ0) is 13.7. The highest BCUT2D eigenvalue weighted by Crippen LogP contribution is 2.29. The molecule has 0 spiro atoms. The molecule has 0 fully saturated rings. The van der Waals surface area contributed by atoms with E-state index >= 15 is 0 Å². The van der Waals surface area contributed by atoms with Crippen LogP contribution >= 0.6 is 15.9 Å². The normalized spacial score (nSPS) is 10.1. The summed E-state index contributed by atoms with van der Waals surface area (Å²) >= 11 is 3.43. The molecule has 0 aliphatic carbocycles. The van der Waals surface area contributed by atoms with E-state index in [2.05, 4.69) is 15.9 Å². The zero-order valence-corrected chi connectivity index (χ0v) is 12.4. The summed E-state index contributed by atoms with van der Waals surface area (Å²) in [4.78, 5) is 0. The van der Waals surface area contributed by atoms with Gasteiger partial charge in [-0.2, -0.15) is 0 Å². The molecule has 0 unspecified atom stereocenters. The first-order valence-electron chi connectivity index (χ1n) is 5.82. The molecule has 0 heterocycles. The summed E-state index contributed by atoms with van der Waals surface area (Å²) in [5, 5.41) is 0. The van der Waals surface area contributed by atoms with E-state index in [0.717, 1.165) is 27.3 Å². The quantitative estimate of drug-likeness (QED) is 0.831. The number of benzene rings is 2. The molecule has 0 saturated heterocycles. The van der Waals surface area contributed by atoms with Crippen LogP contribution in [0.1, 0.15) is 5.56 Å². The van der Waals surface area contributed by atoms with Crippen LogP contribution in [0, 0.1) is 0 Å². The van der Waals surface area contributed by atoms with Gasteiger partial charge in [-0.25, -0.2) is 0 Å². The second kappa shape index (κ2) is 6.48. The smallest absolute Gasteiger partial charge is 0.133 e. The van der Waals surface area contributed by atoms with E-state index in [1.54, 1.807) is 14.2 Å². The van der Waals surface area contributed by atoms with Crippen LogP contribution in [-0.2, 0) is 6.61 Å². The first-order valence-corrected chi connectivity index (χ1v) is 6.61. The topological polar surface area (TPSA) is 27.7 Å². The van der Waals surface area contributed by atoms with Gasteiger partial charge in [0.2, 0.25) is 0 Å². The summed E-state index contributed by atoms with van der Waals surface area (Å²) in [6.45, 7) is 0.517. The largest absolute Gasteiger partial charge is 0.497 e. The standard InChI is InChI=1S/C15H15BrO3/c1-17-12-5-3-11(4-6-12)10-19-13-7-8-15(18-2)14(16)9-13/h3-9H,10H2,1-2H3. The minimum absolute atomic E-state index is 0.517. The molecule has 2 aromatic rings. The maximum atomic E-state index is 5.72. The van der Waals surface area contributed by atoms with Gasteiger partial charge in [-0.1, -0.05) is 12.1 Å². The molecular formula is C15H15BrO3. The Bertz CT molecular complexity index is 538. The van der Waals surface area contributed by atoms with E-state index in [0.29, 0.717) is 6.61 Å². The minimum Gasteiger partial charge on any atom is -0.497 e. The number of halogens is 1. The van der Waals surface area contributed by atoms with E-state index in [4.69, 9.17) is 14.2 Å². The average Bonchev–Trinajstić information content (AvgIpc) is 2.46. The highest BCUT2D eigenvalue weighted by atomic mass is 79.9.